The van der Waals surface area contributed by atoms with Crippen LogP contribution in [0.25, 0.3) is 6.08 Å². The molecular formula is C25H25FN4O3. The van der Waals surface area contributed by atoms with Gasteiger partial charge in [0, 0.05) is 25.2 Å². The summed E-state index contributed by atoms with van der Waals surface area (Å²) < 4.78 is 30.4. The van der Waals surface area contributed by atoms with Crippen LogP contribution in [0, 0.1) is 5.82 Å². The molecule has 8 heteroatoms. The largest absolute Gasteiger partial charge is 0.497 e. The van der Waals surface area contributed by atoms with Crippen LogP contribution in [0.15, 0.2) is 60.3 Å². The molecule has 1 fully saturated rings. The van der Waals surface area contributed by atoms with Crippen molar-refractivity contribution in [2.45, 2.75) is 6.10 Å². The number of anilines is 2. The maximum Gasteiger partial charge on any atom is 0.141 e. The Morgan fingerprint density at radius 2 is 2.12 bits per heavy atom. The number of fused-ring (bicyclic) bond motifs is 1. The highest BCUT2D eigenvalue weighted by Crippen LogP contribution is 2.31. The van der Waals surface area contributed by atoms with Gasteiger partial charge in [0.2, 0.25) is 0 Å². The van der Waals surface area contributed by atoms with Gasteiger partial charge in [0.1, 0.15) is 41.7 Å². The first-order valence-electron chi connectivity index (χ1n) is 10.9. The van der Waals surface area contributed by atoms with Crippen molar-refractivity contribution in [3.05, 3.63) is 77.4 Å². The first-order valence-corrected chi connectivity index (χ1v) is 10.9. The number of halogens is 1. The number of benzene rings is 1. The number of nitrogens with one attached hydrogen (secondary N) is 1. The van der Waals surface area contributed by atoms with Crippen LogP contribution in [0.4, 0.5) is 16.0 Å². The Labute approximate surface area is 191 Å². The van der Waals surface area contributed by atoms with Gasteiger partial charge in [-0.1, -0.05) is 6.07 Å². The van der Waals surface area contributed by atoms with E-state index in [1.54, 1.807) is 13.2 Å². The minimum atomic E-state index is -0.376. The molecule has 3 aromatic rings. The zero-order valence-electron chi connectivity index (χ0n) is 18.3. The Kier molecular flexibility index (Phi) is 6.19. The molecule has 2 aliphatic heterocycles. The molecule has 4 heterocycles. The molecule has 0 amide bonds. The van der Waals surface area contributed by atoms with Gasteiger partial charge in [-0.05, 0) is 54.1 Å². The number of hydrogen-bond acceptors (Lipinski definition) is 7. The number of rotatable bonds is 6. The van der Waals surface area contributed by atoms with Crippen molar-refractivity contribution in [1.29, 1.82) is 0 Å². The molecule has 0 unspecified atom stereocenters. The molecule has 0 aliphatic carbocycles. The fourth-order valence-corrected chi connectivity index (χ4v) is 4.01. The van der Waals surface area contributed by atoms with E-state index in [9.17, 15) is 4.39 Å². The molecule has 0 radical (unpaired) electrons. The summed E-state index contributed by atoms with van der Waals surface area (Å²) in [5.74, 6) is 2.49. The van der Waals surface area contributed by atoms with Crippen molar-refractivity contribution in [2.75, 3.05) is 45.3 Å². The molecule has 7 nitrogen and oxygen atoms in total. The summed E-state index contributed by atoms with van der Waals surface area (Å²) in [5, 5.41) is 3.11. The standard InChI is InChI=1S/C25H25FN4O3/c1-31-20-6-7-22-18(12-20)11-17(16-33-22)14-30-9-10-32-23(15-30)21-3-2-4-25(28-21)29-24-8-5-19(26)13-27-24/h2-8,11-13,23H,9-10,14-16H2,1H3,(H,27,28,29)/t23-/m1/s1. The summed E-state index contributed by atoms with van der Waals surface area (Å²) in [6.45, 7) is 3.57. The molecule has 1 atom stereocenters. The molecule has 33 heavy (non-hydrogen) atoms. The molecule has 0 bridgehead atoms. The van der Waals surface area contributed by atoms with Crippen molar-refractivity contribution < 1.29 is 18.6 Å². The van der Waals surface area contributed by atoms with E-state index in [0.717, 1.165) is 42.4 Å². The summed E-state index contributed by atoms with van der Waals surface area (Å²) in [7, 11) is 1.67. The van der Waals surface area contributed by atoms with Crippen molar-refractivity contribution in [3.8, 4) is 11.5 Å². The highest BCUT2D eigenvalue weighted by atomic mass is 19.1. The minimum Gasteiger partial charge on any atom is -0.497 e. The van der Waals surface area contributed by atoms with E-state index in [2.05, 4.69) is 21.3 Å². The van der Waals surface area contributed by atoms with Crippen LogP contribution in [0.1, 0.15) is 17.4 Å². The number of morpholine rings is 1. The zero-order valence-corrected chi connectivity index (χ0v) is 18.3. The van der Waals surface area contributed by atoms with Crippen LogP contribution < -0.4 is 14.8 Å². The smallest absolute Gasteiger partial charge is 0.141 e. The van der Waals surface area contributed by atoms with E-state index in [1.165, 1.54) is 17.8 Å². The third-order valence-corrected chi connectivity index (χ3v) is 5.65. The molecule has 0 spiro atoms. The van der Waals surface area contributed by atoms with Crippen LogP contribution in [-0.2, 0) is 4.74 Å². The van der Waals surface area contributed by atoms with Gasteiger partial charge < -0.3 is 19.5 Å². The van der Waals surface area contributed by atoms with E-state index >= 15 is 0 Å². The molecule has 2 aromatic heterocycles. The maximum absolute atomic E-state index is 13.1. The Bertz CT molecular complexity index is 1150. The van der Waals surface area contributed by atoms with E-state index in [1.807, 2.05) is 36.4 Å². The van der Waals surface area contributed by atoms with Gasteiger partial charge in [0.05, 0.1) is 25.6 Å². The van der Waals surface area contributed by atoms with Crippen LogP contribution in [0.3, 0.4) is 0 Å². The lowest BCUT2D eigenvalue weighted by Crippen LogP contribution is -2.40. The molecule has 1 N–H and O–H groups in total. The number of nitrogens with zero attached hydrogens (tertiary/aromatic N) is 3. The predicted octanol–water partition coefficient (Wildman–Crippen LogP) is 4.22. The van der Waals surface area contributed by atoms with Gasteiger partial charge in [0.15, 0.2) is 0 Å². The third kappa shape index (κ3) is 5.13. The molecule has 2 aliphatic rings. The highest BCUT2D eigenvalue weighted by molar-refractivity contribution is 5.64. The molecule has 170 valence electrons. The Morgan fingerprint density at radius 3 is 2.97 bits per heavy atom. The van der Waals surface area contributed by atoms with E-state index < -0.39 is 0 Å². The first-order chi connectivity index (χ1) is 16.2. The van der Waals surface area contributed by atoms with Crippen LogP contribution >= 0.6 is 0 Å². The molecule has 0 saturated carbocycles. The van der Waals surface area contributed by atoms with Crippen molar-refractivity contribution in [3.63, 3.8) is 0 Å². The molecule has 1 saturated heterocycles. The second-order valence-corrected chi connectivity index (χ2v) is 8.02. The summed E-state index contributed by atoms with van der Waals surface area (Å²) in [6, 6.07) is 14.5. The summed E-state index contributed by atoms with van der Waals surface area (Å²) in [6.07, 6.45) is 3.22. The van der Waals surface area contributed by atoms with E-state index in [4.69, 9.17) is 19.2 Å². The Hall–Kier alpha value is -3.49. The first kappa shape index (κ1) is 21.4. The summed E-state index contributed by atoms with van der Waals surface area (Å²) in [4.78, 5) is 11.1. The topological polar surface area (TPSA) is 68.7 Å². The lowest BCUT2D eigenvalue weighted by atomic mass is 10.1. The number of aromatic nitrogens is 2. The second-order valence-electron chi connectivity index (χ2n) is 8.02. The lowest BCUT2D eigenvalue weighted by Gasteiger charge is -2.34. The fraction of sp³-hybridized carbons (Fsp3) is 0.280. The van der Waals surface area contributed by atoms with Gasteiger partial charge in [-0.15, -0.1) is 0 Å². The molecular weight excluding hydrogens is 423 g/mol. The number of pyridine rings is 2. The zero-order chi connectivity index (χ0) is 22.6. The van der Waals surface area contributed by atoms with Gasteiger partial charge in [-0.3, -0.25) is 4.90 Å². The van der Waals surface area contributed by atoms with Crippen LogP contribution in [0.2, 0.25) is 0 Å². The molecule has 1 aromatic carbocycles. The van der Waals surface area contributed by atoms with Gasteiger partial charge in [0.25, 0.3) is 0 Å². The molecule has 5 rings (SSSR count). The minimum absolute atomic E-state index is 0.140. The monoisotopic (exact) mass is 448 g/mol. The van der Waals surface area contributed by atoms with Gasteiger partial charge in [-0.25, -0.2) is 14.4 Å². The van der Waals surface area contributed by atoms with Crippen molar-refractivity contribution in [1.82, 2.24) is 14.9 Å². The number of methoxy groups -OCH3 is 1. The van der Waals surface area contributed by atoms with Gasteiger partial charge in [-0.2, -0.15) is 0 Å². The van der Waals surface area contributed by atoms with Crippen LogP contribution in [-0.4, -0.2) is 54.8 Å². The second kappa shape index (κ2) is 9.56. The number of ether oxygens (including phenoxy) is 3. The van der Waals surface area contributed by atoms with Gasteiger partial charge >= 0.3 is 0 Å². The summed E-state index contributed by atoms with van der Waals surface area (Å²) in [5.41, 5.74) is 3.09. The Balaban J connectivity index is 1.25. The Morgan fingerprint density at radius 1 is 1.18 bits per heavy atom. The average molecular weight is 448 g/mol. The predicted molar refractivity (Wildman–Crippen MR) is 123 cm³/mol. The van der Waals surface area contributed by atoms with Crippen LogP contribution in [0.5, 0.6) is 11.5 Å². The third-order valence-electron chi connectivity index (χ3n) is 5.65. The fourth-order valence-electron chi connectivity index (χ4n) is 4.01. The summed E-state index contributed by atoms with van der Waals surface area (Å²) >= 11 is 0. The quantitative estimate of drug-likeness (QED) is 0.606. The van der Waals surface area contributed by atoms with E-state index in [0.29, 0.717) is 24.8 Å². The SMILES string of the molecule is COc1ccc2c(c1)C=C(CN1CCO[C@@H](c3cccc(Nc4ccc(F)cn4)n3)C1)CO2. The highest BCUT2D eigenvalue weighted by Gasteiger charge is 2.25. The van der Waals surface area contributed by atoms with Crippen molar-refractivity contribution >= 4 is 17.7 Å². The maximum atomic E-state index is 13.1. The van der Waals surface area contributed by atoms with Crippen molar-refractivity contribution in [2.24, 2.45) is 0 Å². The lowest BCUT2D eigenvalue weighted by molar-refractivity contribution is -0.0293. The average Bonchev–Trinajstić information content (AvgIpc) is 2.85. The van der Waals surface area contributed by atoms with E-state index in [-0.39, 0.29) is 11.9 Å². The number of hydrogen-bond donors (Lipinski definition) is 1. The normalized spacial score (nSPS) is 18.1.